The Morgan fingerprint density at radius 3 is 1.55 bits per heavy atom. The highest BCUT2D eigenvalue weighted by Gasteiger charge is 2.51. The van der Waals surface area contributed by atoms with Crippen LogP contribution in [-0.2, 0) is 33.4 Å². The molecule has 0 amide bonds. The summed E-state index contributed by atoms with van der Waals surface area (Å²) in [4.78, 5) is 47.1. The van der Waals surface area contributed by atoms with E-state index in [2.05, 4.69) is 9.47 Å². The minimum absolute atomic E-state index is 0.207. The predicted octanol–water partition coefficient (Wildman–Crippen LogP) is 4.29. The van der Waals surface area contributed by atoms with E-state index in [4.69, 9.17) is 4.74 Å². The standard InChI is InChI=1S/C25H44O8/c1-20(26)17-15-13-11-9-7-5-6-8-10-12-14-16-18-21(23(28)32-3)25(30,24(29)33-4)19-22(27)31-2/h21,30H,5-19H2,1-4H3/t21-,25-/m0/s1. The molecule has 0 aliphatic rings. The summed E-state index contributed by atoms with van der Waals surface area (Å²) in [6.07, 6.45) is 13.1. The molecule has 0 radical (unpaired) electrons. The highest BCUT2D eigenvalue weighted by atomic mass is 16.6. The molecule has 0 spiro atoms. The Labute approximate surface area is 198 Å². The molecule has 0 aliphatic carbocycles. The second-order valence-electron chi connectivity index (χ2n) is 8.73. The van der Waals surface area contributed by atoms with E-state index in [9.17, 15) is 24.3 Å². The number of hydrogen-bond acceptors (Lipinski definition) is 8. The molecular formula is C25H44O8. The van der Waals surface area contributed by atoms with E-state index >= 15 is 0 Å². The lowest BCUT2D eigenvalue weighted by Gasteiger charge is -2.31. The number of aliphatic hydroxyl groups is 1. The molecule has 0 unspecified atom stereocenters. The number of ether oxygens (including phenoxy) is 3. The number of ketones is 1. The van der Waals surface area contributed by atoms with Gasteiger partial charge in [0.05, 0.1) is 33.7 Å². The molecule has 0 heterocycles. The zero-order valence-electron chi connectivity index (χ0n) is 21.0. The summed E-state index contributed by atoms with van der Waals surface area (Å²) in [5.41, 5.74) is -2.32. The summed E-state index contributed by atoms with van der Waals surface area (Å²) in [7, 11) is 3.41. The van der Waals surface area contributed by atoms with Crippen molar-refractivity contribution in [1.29, 1.82) is 0 Å². The van der Waals surface area contributed by atoms with Crippen molar-refractivity contribution in [1.82, 2.24) is 0 Å². The van der Waals surface area contributed by atoms with Crippen molar-refractivity contribution >= 4 is 23.7 Å². The lowest BCUT2D eigenvalue weighted by atomic mass is 9.80. The van der Waals surface area contributed by atoms with Crippen molar-refractivity contribution in [3.63, 3.8) is 0 Å². The number of carbonyl (C=O) groups is 4. The van der Waals surface area contributed by atoms with Crippen LogP contribution in [0.2, 0.25) is 0 Å². The van der Waals surface area contributed by atoms with Gasteiger partial charge in [0.2, 0.25) is 0 Å². The van der Waals surface area contributed by atoms with Gasteiger partial charge in [-0.05, 0) is 19.8 Å². The van der Waals surface area contributed by atoms with Crippen LogP contribution in [0.4, 0.5) is 0 Å². The maximum Gasteiger partial charge on any atom is 0.339 e. The van der Waals surface area contributed by atoms with Crippen LogP contribution in [-0.4, -0.2) is 55.7 Å². The highest BCUT2D eigenvalue weighted by Crippen LogP contribution is 2.30. The number of Topliss-reactive ketones (excluding diaryl/α,β-unsaturated/α-hetero) is 1. The summed E-state index contributed by atoms with van der Waals surface area (Å²) in [6, 6.07) is 0. The van der Waals surface area contributed by atoms with Crippen LogP contribution in [0.3, 0.4) is 0 Å². The third kappa shape index (κ3) is 13.4. The number of esters is 3. The van der Waals surface area contributed by atoms with Crippen molar-refractivity contribution < 1.29 is 38.5 Å². The van der Waals surface area contributed by atoms with Crippen LogP contribution >= 0.6 is 0 Å². The van der Waals surface area contributed by atoms with Crippen molar-refractivity contribution in [2.45, 2.75) is 109 Å². The Morgan fingerprint density at radius 1 is 0.697 bits per heavy atom. The zero-order chi connectivity index (χ0) is 25.1. The van der Waals surface area contributed by atoms with Gasteiger partial charge in [-0.2, -0.15) is 0 Å². The summed E-state index contributed by atoms with van der Waals surface area (Å²) < 4.78 is 14.0. The van der Waals surface area contributed by atoms with Crippen molar-refractivity contribution in [3.8, 4) is 0 Å². The first-order valence-corrected chi connectivity index (χ1v) is 12.2. The largest absolute Gasteiger partial charge is 0.469 e. The molecule has 0 aliphatic heterocycles. The van der Waals surface area contributed by atoms with Gasteiger partial charge in [0.15, 0.2) is 5.60 Å². The first kappa shape index (κ1) is 31.0. The zero-order valence-corrected chi connectivity index (χ0v) is 21.0. The molecule has 192 valence electrons. The van der Waals surface area contributed by atoms with E-state index in [0.717, 1.165) is 52.7 Å². The van der Waals surface area contributed by atoms with E-state index in [1.807, 2.05) is 0 Å². The summed E-state index contributed by atoms with van der Waals surface area (Å²) in [5, 5.41) is 10.9. The number of unbranched alkanes of at least 4 members (excludes halogenated alkanes) is 11. The molecule has 0 saturated carbocycles. The number of carbonyl (C=O) groups excluding carboxylic acids is 4. The lowest BCUT2D eigenvalue weighted by molar-refractivity contribution is -0.183. The van der Waals surface area contributed by atoms with E-state index in [1.165, 1.54) is 39.2 Å². The first-order chi connectivity index (χ1) is 15.7. The second kappa shape index (κ2) is 18.5. The monoisotopic (exact) mass is 472 g/mol. The summed E-state index contributed by atoms with van der Waals surface area (Å²) in [6.45, 7) is 1.64. The first-order valence-electron chi connectivity index (χ1n) is 12.2. The van der Waals surface area contributed by atoms with Gasteiger partial charge in [-0.1, -0.05) is 70.6 Å². The molecule has 0 saturated heterocycles. The Kier molecular flexibility index (Phi) is 17.4. The number of rotatable bonds is 20. The Bertz CT molecular complexity index is 589. The third-order valence-corrected chi connectivity index (χ3v) is 6.01. The quantitative estimate of drug-likeness (QED) is 0.158. The summed E-state index contributed by atoms with van der Waals surface area (Å²) in [5.74, 6) is -3.55. The third-order valence-electron chi connectivity index (χ3n) is 6.01. The number of methoxy groups -OCH3 is 3. The van der Waals surface area contributed by atoms with Gasteiger partial charge in [-0.25, -0.2) is 4.79 Å². The average Bonchev–Trinajstić information content (AvgIpc) is 2.79. The Hall–Kier alpha value is -1.96. The van der Waals surface area contributed by atoms with Crippen molar-refractivity contribution in [2.24, 2.45) is 5.92 Å². The average molecular weight is 473 g/mol. The maximum atomic E-state index is 12.3. The van der Waals surface area contributed by atoms with Crippen LogP contribution in [0.25, 0.3) is 0 Å². The minimum atomic E-state index is -2.32. The van der Waals surface area contributed by atoms with Crippen LogP contribution in [0, 0.1) is 5.92 Å². The molecule has 0 aromatic rings. The lowest BCUT2D eigenvalue weighted by Crippen LogP contribution is -2.51. The molecule has 1 N–H and O–H groups in total. The van der Waals surface area contributed by atoms with Gasteiger partial charge >= 0.3 is 17.9 Å². The Balaban J connectivity index is 4.22. The van der Waals surface area contributed by atoms with Gasteiger partial charge in [-0.15, -0.1) is 0 Å². The van der Waals surface area contributed by atoms with E-state index < -0.39 is 35.8 Å². The van der Waals surface area contributed by atoms with Gasteiger partial charge in [0.25, 0.3) is 0 Å². The van der Waals surface area contributed by atoms with Gasteiger partial charge < -0.3 is 24.1 Å². The van der Waals surface area contributed by atoms with Crippen LogP contribution in [0.1, 0.15) is 103 Å². The molecule has 0 rings (SSSR count). The van der Waals surface area contributed by atoms with Crippen molar-refractivity contribution in [3.05, 3.63) is 0 Å². The molecular weight excluding hydrogens is 428 g/mol. The maximum absolute atomic E-state index is 12.3. The second-order valence-corrected chi connectivity index (χ2v) is 8.73. The van der Waals surface area contributed by atoms with E-state index in [-0.39, 0.29) is 12.2 Å². The topological polar surface area (TPSA) is 116 Å². The molecule has 2 atom stereocenters. The fourth-order valence-electron chi connectivity index (χ4n) is 3.99. The minimum Gasteiger partial charge on any atom is -0.469 e. The van der Waals surface area contributed by atoms with Crippen LogP contribution < -0.4 is 0 Å². The molecule has 33 heavy (non-hydrogen) atoms. The number of hydrogen-bond donors (Lipinski definition) is 1. The molecule has 0 aromatic carbocycles. The predicted molar refractivity (Wildman–Crippen MR) is 124 cm³/mol. The Morgan fingerprint density at radius 2 is 1.15 bits per heavy atom. The fraction of sp³-hybridized carbons (Fsp3) is 0.840. The van der Waals surface area contributed by atoms with Crippen LogP contribution in [0.15, 0.2) is 0 Å². The molecule has 0 bridgehead atoms. The SMILES string of the molecule is COC(=O)C[C@@](O)(C(=O)OC)[C@@H](CCCCCCCCCCCCCCC(C)=O)C(=O)OC. The van der Waals surface area contributed by atoms with Gasteiger partial charge in [-0.3, -0.25) is 9.59 Å². The molecule has 0 aromatic heterocycles. The normalized spacial score (nSPS) is 13.6. The highest BCUT2D eigenvalue weighted by molar-refractivity contribution is 5.91. The van der Waals surface area contributed by atoms with Gasteiger partial charge in [0, 0.05) is 6.42 Å². The van der Waals surface area contributed by atoms with E-state index in [0.29, 0.717) is 12.8 Å². The molecule has 8 heteroatoms. The smallest absolute Gasteiger partial charge is 0.339 e. The molecule has 8 nitrogen and oxygen atoms in total. The summed E-state index contributed by atoms with van der Waals surface area (Å²) >= 11 is 0. The van der Waals surface area contributed by atoms with Crippen LogP contribution in [0.5, 0.6) is 0 Å². The fourth-order valence-corrected chi connectivity index (χ4v) is 3.99. The van der Waals surface area contributed by atoms with Crippen molar-refractivity contribution in [2.75, 3.05) is 21.3 Å². The van der Waals surface area contributed by atoms with Gasteiger partial charge in [0.1, 0.15) is 5.78 Å². The molecule has 0 fully saturated rings. The van der Waals surface area contributed by atoms with E-state index in [1.54, 1.807) is 6.92 Å².